The van der Waals surface area contributed by atoms with Gasteiger partial charge in [0.25, 0.3) is 0 Å². The molecule has 0 saturated carbocycles. The van der Waals surface area contributed by atoms with Gasteiger partial charge >= 0.3 is 13.0 Å². The molecule has 0 spiro atoms. The zero-order valence-corrected chi connectivity index (χ0v) is 12.0. The third-order valence-corrected chi connectivity index (χ3v) is 4.02. The topological polar surface area (TPSA) is 47.8 Å². The molecule has 8 heteroatoms. The maximum absolute atomic E-state index is 13.7. The van der Waals surface area contributed by atoms with Gasteiger partial charge in [-0.3, -0.25) is 4.79 Å². The maximum atomic E-state index is 13.7. The van der Waals surface area contributed by atoms with Crippen LogP contribution in [0.1, 0.15) is 27.2 Å². The Hall–Kier alpha value is -1.02. The highest BCUT2D eigenvalue weighted by Gasteiger charge is 2.63. The number of halogens is 2. The van der Waals surface area contributed by atoms with Crippen molar-refractivity contribution in [1.29, 1.82) is 0 Å². The number of Topliss-reactive ketones (excluding diaryl/α,β-unsaturated/α-hetero) is 1. The fourth-order valence-corrected chi connectivity index (χ4v) is 2.78. The fraction of sp³-hybridized carbons (Fsp3) is 0.833. The first kappa shape index (κ1) is 15.4. The van der Waals surface area contributed by atoms with Crippen molar-refractivity contribution in [2.24, 2.45) is 5.92 Å². The van der Waals surface area contributed by atoms with E-state index in [0.717, 1.165) is 0 Å². The number of morpholine rings is 1. The summed E-state index contributed by atoms with van der Waals surface area (Å²) in [6, 6.07) is 0. The van der Waals surface area contributed by atoms with E-state index in [1.54, 1.807) is 11.5 Å². The summed E-state index contributed by atoms with van der Waals surface area (Å²) < 4.78 is 43.8. The Morgan fingerprint density at radius 2 is 2.05 bits per heavy atom. The molecule has 2 aliphatic heterocycles. The molecule has 0 aliphatic carbocycles. The summed E-state index contributed by atoms with van der Waals surface area (Å²) in [5, 5.41) is 0. The second-order valence-electron chi connectivity index (χ2n) is 5.28. The Balaban J connectivity index is 2.52. The summed E-state index contributed by atoms with van der Waals surface area (Å²) in [5.41, 5.74) is -1.68. The number of ketones is 1. The van der Waals surface area contributed by atoms with Gasteiger partial charge in [-0.05, 0) is 13.3 Å². The molecule has 0 aromatic rings. The van der Waals surface area contributed by atoms with Gasteiger partial charge < -0.3 is 22.7 Å². The summed E-state index contributed by atoms with van der Waals surface area (Å²) in [6.07, 6.45) is 0.531. The Morgan fingerprint density at radius 3 is 2.55 bits per heavy atom. The van der Waals surface area contributed by atoms with Crippen LogP contribution < -0.4 is 0 Å². The summed E-state index contributed by atoms with van der Waals surface area (Å²) in [5.74, 6) is -0.895. The number of hydrogen-bond acceptors (Lipinski definition) is 4. The number of carbonyl (C=O) groups excluding carboxylic acids is 1. The smallest absolute Gasteiger partial charge is 0.591 e. The maximum Gasteiger partial charge on any atom is 0.668 e. The zero-order chi connectivity index (χ0) is 15.0. The lowest BCUT2D eigenvalue weighted by molar-refractivity contribution is -0.557. The van der Waals surface area contributed by atoms with Crippen molar-refractivity contribution in [2.45, 2.75) is 32.8 Å². The van der Waals surface area contributed by atoms with Gasteiger partial charge in [-0.25, -0.2) is 0 Å². The number of hydrogen-bond donors (Lipinski definition) is 0. The summed E-state index contributed by atoms with van der Waals surface area (Å²) in [6.45, 7) is 6.49. The highest BCUT2D eigenvalue weighted by Crippen LogP contribution is 2.39. The SMILES string of the molecule is CC[C@@H](C)[C@@]1(C(C)=O)O[B-](F)(F)OC1=[N+]1CCOCC1. The molecule has 2 atom stereocenters. The van der Waals surface area contributed by atoms with E-state index >= 15 is 0 Å². The molecule has 2 saturated heterocycles. The van der Waals surface area contributed by atoms with Crippen LogP contribution in [0, 0.1) is 5.92 Å². The van der Waals surface area contributed by atoms with Gasteiger partial charge in [0.15, 0.2) is 18.9 Å². The summed E-state index contributed by atoms with van der Waals surface area (Å²) >= 11 is 0. The van der Waals surface area contributed by atoms with Gasteiger partial charge in [-0.15, -0.1) is 0 Å². The van der Waals surface area contributed by atoms with Gasteiger partial charge in [0.05, 0.1) is 0 Å². The molecule has 0 N–H and O–H groups in total. The van der Waals surface area contributed by atoms with Crippen molar-refractivity contribution >= 4 is 18.8 Å². The highest BCUT2D eigenvalue weighted by molar-refractivity contribution is 6.57. The third-order valence-electron chi connectivity index (χ3n) is 4.02. The molecule has 0 radical (unpaired) electrons. The molecule has 2 heterocycles. The third kappa shape index (κ3) is 2.46. The van der Waals surface area contributed by atoms with E-state index in [-0.39, 0.29) is 5.90 Å². The highest BCUT2D eigenvalue weighted by atomic mass is 19.3. The minimum atomic E-state index is -4.46. The van der Waals surface area contributed by atoms with E-state index in [0.29, 0.717) is 32.7 Å². The molecule has 0 aromatic carbocycles. The predicted octanol–water partition coefficient (Wildman–Crippen LogP) is 1.22. The number of rotatable bonds is 3. The monoisotopic (exact) mass is 291 g/mol. The first-order chi connectivity index (χ1) is 9.33. The van der Waals surface area contributed by atoms with Crippen LogP contribution in [0.15, 0.2) is 0 Å². The standard InChI is InChI=1S/C12H20BF2NO4/c1-4-9(2)12(10(3)17)11(19-13(14,15)20-12)16-5-7-18-8-6-16/h9H,4-8H2,1-3H3/t9-,12+/m1/s1. The lowest BCUT2D eigenvalue weighted by Gasteiger charge is -2.32. The van der Waals surface area contributed by atoms with Crippen LogP contribution in [-0.2, 0) is 18.8 Å². The van der Waals surface area contributed by atoms with Crippen molar-refractivity contribution in [3.05, 3.63) is 0 Å². The van der Waals surface area contributed by atoms with Crippen molar-refractivity contribution < 1.29 is 32.0 Å². The molecule has 5 nitrogen and oxygen atoms in total. The van der Waals surface area contributed by atoms with Gasteiger partial charge in [0.1, 0.15) is 13.2 Å². The van der Waals surface area contributed by atoms with Gasteiger partial charge in [-0.2, -0.15) is 4.58 Å². The molecule has 114 valence electrons. The molecular formula is C12H20BF2NO4. The van der Waals surface area contributed by atoms with Crippen LogP contribution >= 0.6 is 0 Å². The average Bonchev–Trinajstić information content (AvgIpc) is 2.72. The molecule has 0 aromatic heterocycles. The van der Waals surface area contributed by atoms with E-state index in [1.807, 2.05) is 6.92 Å². The van der Waals surface area contributed by atoms with Gasteiger partial charge in [-0.1, -0.05) is 13.8 Å². The van der Waals surface area contributed by atoms with Crippen molar-refractivity contribution in [1.82, 2.24) is 0 Å². The summed E-state index contributed by atoms with van der Waals surface area (Å²) in [4.78, 5) is 12.1. The Labute approximate surface area is 117 Å². The predicted molar refractivity (Wildman–Crippen MR) is 68.8 cm³/mol. The Morgan fingerprint density at radius 1 is 1.45 bits per heavy atom. The Kier molecular flexibility index (Phi) is 4.15. The van der Waals surface area contributed by atoms with E-state index in [1.165, 1.54) is 6.92 Å². The normalized spacial score (nSPS) is 31.1. The van der Waals surface area contributed by atoms with Crippen molar-refractivity contribution in [3.8, 4) is 0 Å². The molecule has 2 fully saturated rings. The largest absolute Gasteiger partial charge is 0.668 e. The second-order valence-corrected chi connectivity index (χ2v) is 5.28. The lowest BCUT2D eigenvalue weighted by atomic mass is 9.82. The molecular weight excluding hydrogens is 271 g/mol. The minimum Gasteiger partial charge on any atom is -0.591 e. The zero-order valence-electron chi connectivity index (χ0n) is 12.0. The lowest BCUT2D eigenvalue weighted by Crippen LogP contribution is -2.54. The van der Waals surface area contributed by atoms with Crippen LogP contribution in [0.2, 0.25) is 0 Å². The van der Waals surface area contributed by atoms with Crippen LogP contribution in [0.25, 0.3) is 0 Å². The molecule has 0 bridgehead atoms. The van der Waals surface area contributed by atoms with E-state index in [2.05, 4.69) is 0 Å². The van der Waals surface area contributed by atoms with E-state index in [9.17, 15) is 13.4 Å². The molecule has 20 heavy (non-hydrogen) atoms. The second kappa shape index (κ2) is 5.40. The van der Waals surface area contributed by atoms with Crippen molar-refractivity contribution in [2.75, 3.05) is 26.3 Å². The van der Waals surface area contributed by atoms with E-state index < -0.39 is 24.4 Å². The number of carbonyl (C=O) groups is 1. The van der Waals surface area contributed by atoms with Crippen LogP contribution in [0.5, 0.6) is 0 Å². The number of ether oxygens (including phenoxy) is 1. The van der Waals surface area contributed by atoms with Gasteiger partial charge in [0, 0.05) is 5.92 Å². The molecule has 0 amide bonds. The number of nitrogens with zero attached hydrogens (tertiary/aromatic N) is 1. The first-order valence-corrected chi connectivity index (χ1v) is 6.94. The summed E-state index contributed by atoms with van der Waals surface area (Å²) in [7, 11) is -4.46. The fourth-order valence-electron chi connectivity index (χ4n) is 2.78. The van der Waals surface area contributed by atoms with Crippen LogP contribution in [0.3, 0.4) is 0 Å². The quantitative estimate of drug-likeness (QED) is 0.579. The van der Waals surface area contributed by atoms with Crippen LogP contribution in [-0.4, -0.2) is 55.3 Å². The Bertz CT molecular complexity index is 435. The van der Waals surface area contributed by atoms with Crippen molar-refractivity contribution in [3.63, 3.8) is 0 Å². The first-order valence-electron chi connectivity index (χ1n) is 6.94. The minimum absolute atomic E-state index is 0.0485. The van der Waals surface area contributed by atoms with Gasteiger partial charge in [0.2, 0.25) is 5.60 Å². The molecule has 0 unspecified atom stereocenters. The average molecular weight is 291 g/mol. The van der Waals surface area contributed by atoms with Crippen LogP contribution in [0.4, 0.5) is 8.63 Å². The van der Waals surface area contributed by atoms with E-state index in [4.69, 9.17) is 14.0 Å². The molecule has 2 rings (SSSR count). The molecule has 2 aliphatic rings.